The monoisotopic (exact) mass is 430 g/mol. The molecule has 1 atom stereocenters. The van der Waals surface area contributed by atoms with Gasteiger partial charge in [-0.05, 0) is 41.8 Å². The number of urea groups is 1. The smallest absolute Gasteiger partial charge is 0.325 e. The van der Waals surface area contributed by atoms with Gasteiger partial charge in [-0.2, -0.15) is 0 Å². The van der Waals surface area contributed by atoms with Crippen LogP contribution in [0.25, 0.3) is 0 Å². The molecular formula is C22H23ClN2O5. The standard InChI is InChI=1S/C22H23ClN2O5/c1-3-22(15-5-7-16(28-2)8-6-15)20(26)25(21(27)24-22)13-14-11-17(23)19-18(12-14)29-9-4-10-30-19/h5-8,11-12H,3-4,9-10,13H2,1-2H3,(H,24,27). The molecular weight excluding hydrogens is 408 g/mol. The summed E-state index contributed by atoms with van der Waals surface area (Å²) in [5, 5.41) is 3.28. The molecule has 158 valence electrons. The highest BCUT2D eigenvalue weighted by Gasteiger charge is 2.51. The number of nitrogens with one attached hydrogen (secondary N) is 1. The van der Waals surface area contributed by atoms with E-state index < -0.39 is 11.6 Å². The molecule has 2 aliphatic heterocycles. The van der Waals surface area contributed by atoms with Crippen LogP contribution in [0.5, 0.6) is 17.2 Å². The van der Waals surface area contributed by atoms with Gasteiger partial charge < -0.3 is 19.5 Å². The number of methoxy groups -OCH3 is 1. The Hall–Kier alpha value is -2.93. The molecule has 0 bridgehead atoms. The highest BCUT2D eigenvalue weighted by atomic mass is 35.5. The molecule has 30 heavy (non-hydrogen) atoms. The number of halogens is 1. The molecule has 1 saturated heterocycles. The second-order valence-electron chi connectivity index (χ2n) is 7.26. The van der Waals surface area contributed by atoms with E-state index in [1.54, 1.807) is 43.5 Å². The number of hydrogen-bond acceptors (Lipinski definition) is 5. The summed E-state index contributed by atoms with van der Waals surface area (Å²) in [6.45, 7) is 3.00. The van der Waals surface area contributed by atoms with E-state index in [2.05, 4.69) is 5.32 Å². The number of rotatable bonds is 5. The molecule has 2 aromatic rings. The average molecular weight is 431 g/mol. The van der Waals surface area contributed by atoms with Crippen LogP contribution in [0.1, 0.15) is 30.9 Å². The number of carbonyl (C=O) groups excluding carboxylic acids is 2. The van der Waals surface area contributed by atoms with Gasteiger partial charge in [-0.1, -0.05) is 30.7 Å². The molecule has 2 aliphatic rings. The summed E-state index contributed by atoms with van der Waals surface area (Å²) >= 11 is 6.37. The lowest BCUT2D eigenvalue weighted by molar-refractivity contribution is -0.132. The van der Waals surface area contributed by atoms with Crippen LogP contribution >= 0.6 is 11.6 Å². The third-order valence-electron chi connectivity index (χ3n) is 5.49. The first-order valence-electron chi connectivity index (χ1n) is 9.85. The third kappa shape index (κ3) is 3.43. The van der Waals surface area contributed by atoms with Crippen molar-refractivity contribution in [1.29, 1.82) is 0 Å². The van der Waals surface area contributed by atoms with Crippen molar-refractivity contribution in [3.63, 3.8) is 0 Å². The fraction of sp³-hybridized carbons (Fsp3) is 0.364. The second kappa shape index (κ2) is 8.07. The SMILES string of the molecule is CCC1(c2ccc(OC)cc2)NC(=O)N(Cc2cc(Cl)c3c(c2)OCCCO3)C1=O. The number of fused-ring (bicyclic) bond motifs is 1. The maximum absolute atomic E-state index is 13.4. The van der Waals surface area contributed by atoms with E-state index in [1.165, 1.54) is 4.90 Å². The molecule has 2 heterocycles. The Morgan fingerprint density at radius 1 is 1.17 bits per heavy atom. The van der Waals surface area contributed by atoms with Crippen molar-refractivity contribution in [1.82, 2.24) is 10.2 Å². The van der Waals surface area contributed by atoms with Gasteiger partial charge in [-0.15, -0.1) is 0 Å². The Kier molecular flexibility index (Phi) is 5.47. The fourth-order valence-corrected chi connectivity index (χ4v) is 4.13. The van der Waals surface area contributed by atoms with Crippen LogP contribution < -0.4 is 19.5 Å². The Labute approximate surface area is 179 Å². The number of ether oxygens (including phenoxy) is 3. The molecule has 8 heteroatoms. The summed E-state index contributed by atoms with van der Waals surface area (Å²) in [5.41, 5.74) is 0.288. The van der Waals surface area contributed by atoms with Crippen LogP contribution in [0.2, 0.25) is 5.02 Å². The first-order valence-corrected chi connectivity index (χ1v) is 10.2. The minimum Gasteiger partial charge on any atom is -0.497 e. The predicted octanol–water partition coefficient (Wildman–Crippen LogP) is 3.87. The zero-order valence-electron chi connectivity index (χ0n) is 16.9. The van der Waals surface area contributed by atoms with Crippen molar-refractivity contribution in [2.75, 3.05) is 20.3 Å². The Bertz CT molecular complexity index is 978. The van der Waals surface area contributed by atoms with E-state index in [4.69, 9.17) is 25.8 Å². The Balaban J connectivity index is 1.62. The van der Waals surface area contributed by atoms with Gasteiger partial charge in [0, 0.05) is 6.42 Å². The van der Waals surface area contributed by atoms with E-state index in [9.17, 15) is 9.59 Å². The molecule has 0 radical (unpaired) electrons. The number of benzene rings is 2. The molecule has 7 nitrogen and oxygen atoms in total. The van der Waals surface area contributed by atoms with E-state index >= 15 is 0 Å². The van der Waals surface area contributed by atoms with Gasteiger partial charge in [-0.3, -0.25) is 9.69 Å². The van der Waals surface area contributed by atoms with Crippen LogP contribution in [0, 0.1) is 0 Å². The van der Waals surface area contributed by atoms with Gasteiger partial charge in [0.05, 0.1) is 31.9 Å². The van der Waals surface area contributed by atoms with Crippen LogP contribution in [-0.2, 0) is 16.9 Å². The first kappa shape index (κ1) is 20.3. The molecule has 3 amide bonds. The highest BCUT2D eigenvalue weighted by molar-refractivity contribution is 6.32. The largest absolute Gasteiger partial charge is 0.497 e. The van der Waals surface area contributed by atoms with Gasteiger partial charge in [0.1, 0.15) is 11.3 Å². The topological polar surface area (TPSA) is 77.1 Å². The van der Waals surface area contributed by atoms with Gasteiger partial charge in [0.25, 0.3) is 5.91 Å². The first-order chi connectivity index (χ1) is 14.5. The van der Waals surface area contributed by atoms with Crippen molar-refractivity contribution in [3.8, 4) is 17.2 Å². The van der Waals surface area contributed by atoms with E-state index in [1.807, 2.05) is 6.92 Å². The van der Waals surface area contributed by atoms with Crippen LogP contribution in [0.4, 0.5) is 4.79 Å². The van der Waals surface area contributed by atoms with Crippen LogP contribution in [0.3, 0.4) is 0 Å². The van der Waals surface area contributed by atoms with Crippen molar-refractivity contribution < 1.29 is 23.8 Å². The zero-order valence-corrected chi connectivity index (χ0v) is 17.6. The minimum absolute atomic E-state index is 0.0823. The number of amides is 3. The molecule has 2 aromatic carbocycles. The van der Waals surface area contributed by atoms with Crippen molar-refractivity contribution in [2.45, 2.75) is 31.8 Å². The summed E-state index contributed by atoms with van der Waals surface area (Å²) in [7, 11) is 1.58. The highest BCUT2D eigenvalue weighted by Crippen LogP contribution is 2.39. The maximum Gasteiger partial charge on any atom is 0.325 e. The van der Waals surface area contributed by atoms with Crippen LogP contribution in [-0.4, -0.2) is 37.2 Å². The molecule has 0 aromatic heterocycles. The summed E-state index contributed by atoms with van der Waals surface area (Å²) in [5.74, 6) is 1.40. The molecule has 0 spiro atoms. The third-order valence-corrected chi connectivity index (χ3v) is 5.77. The summed E-state index contributed by atoms with van der Waals surface area (Å²) in [6, 6.07) is 10.2. The lowest BCUT2D eigenvalue weighted by Crippen LogP contribution is -2.43. The van der Waals surface area contributed by atoms with E-state index in [0.29, 0.717) is 53.0 Å². The molecule has 0 aliphatic carbocycles. The second-order valence-corrected chi connectivity index (χ2v) is 7.67. The number of hydrogen-bond donors (Lipinski definition) is 1. The molecule has 1 unspecified atom stereocenters. The molecule has 0 saturated carbocycles. The lowest BCUT2D eigenvalue weighted by atomic mass is 9.87. The van der Waals surface area contributed by atoms with Crippen molar-refractivity contribution in [2.24, 2.45) is 0 Å². The van der Waals surface area contributed by atoms with E-state index in [0.717, 1.165) is 6.42 Å². The van der Waals surface area contributed by atoms with Gasteiger partial charge in [-0.25, -0.2) is 4.79 Å². The lowest BCUT2D eigenvalue weighted by Gasteiger charge is -2.26. The minimum atomic E-state index is -1.11. The summed E-state index contributed by atoms with van der Waals surface area (Å²) in [4.78, 5) is 27.4. The number of nitrogens with zero attached hydrogens (tertiary/aromatic N) is 1. The summed E-state index contributed by atoms with van der Waals surface area (Å²) in [6.07, 6.45) is 1.18. The molecule has 1 fully saturated rings. The average Bonchev–Trinajstić information content (AvgIpc) is 2.91. The Morgan fingerprint density at radius 2 is 1.90 bits per heavy atom. The molecule has 1 N–H and O–H groups in total. The number of carbonyl (C=O) groups is 2. The maximum atomic E-state index is 13.4. The van der Waals surface area contributed by atoms with Crippen LogP contribution in [0.15, 0.2) is 36.4 Å². The predicted molar refractivity (Wildman–Crippen MR) is 111 cm³/mol. The van der Waals surface area contributed by atoms with Gasteiger partial charge in [0.15, 0.2) is 11.5 Å². The van der Waals surface area contributed by atoms with E-state index in [-0.39, 0.29) is 12.5 Å². The van der Waals surface area contributed by atoms with Gasteiger partial charge in [0.2, 0.25) is 0 Å². The zero-order chi connectivity index (χ0) is 21.3. The summed E-state index contributed by atoms with van der Waals surface area (Å²) < 4.78 is 16.6. The molecule has 4 rings (SSSR count). The quantitative estimate of drug-likeness (QED) is 0.729. The van der Waals surface area contributed by atoms with Gasteiger partial charge >= 0.3 is 6.03 Å². The Morgan fingerprint density at radius 3 is 2.60 bits per heavy atom. The normalized spacial score (nSPS) is 20.7. The van der Waals surface area contributed by atoms with Crippen molar-refractivity contribution in [3.05, 3.63) is 52.5 Å². The fourth-order valence-electron chi connectivity index (χ4n) is 3.84. The number of imide groups is 1. The van der Waals surface area contributed by atoms with Crippen molar-refractivity contribution >= 4 is 23.5 Å².